The van der Waals surface area contributed by atoms with Crippen molar-refractivity contribution >= 4 is 24.3 Å². The molecule has 0 aliphatic heterocycles. The molecule has 0 saturated heterocycles. The normalized spacial score (nSPS) is 11.6. The second-order valence-corrected chi connectivity index (χ2v) is 8.37. The summed E-state index contributed by atoms with van der Waals surface area (Å²) in [7, 11) is 0. The highest BCUT2D eigenvalue weighted by molar-refractivity contribution is 5.85. The summed E-state index contributed by atoms with van der Waals surface area (Å²) in [5, 5.41) is 19.8. The fourth-order valence-electron chi connectivity index (χ4n) is 4.17. The van der Waals surface area contributed by atoms with Crippen LogP contribution in [-0.2, 0) is 11.3 Å². The van der Waals surface area contributed by atoms with Crippen LogP contribution in [-0.4, -0.2) is 41.0 Å². The van der Waals surface area contributed by atoms with Gasteiger partial charge in [-0.3, -0.25) is 15.1 Å². The molecule has 3 aromatic rings. The third-order valence-corrected chi connectivity index (χ3v) is 5.88. The summed E-state index contributed by atoms with van der Waals surface area (Å²) in [6, 6.07) is 27.0. The monoisotopic (exact) mass is 495 g/mol. The van der Waals surface area contributed by atoms with Crippen LogP contribution in [0.1, 0.15) is 35.4 Å². The summed E-state index contributed by atoms with van der Waals surface area (Å²) in [6.07, 6.45) is 1.17. The van der Waals surface area contributed by atoms with E-state index in [-0.39, 0.29) is 35.9 Å². The number of nitrogens with zero attached hydrogens (tertiary/aromatic N) is 1. The maximum atomic E-state index is 12.6. The lowest BCUT2D eigenvalue weighted by Crippen LogP contribution is -2.46. The Hall–Kier alpha value is -3.55. The SMILES string of the molecule is Cl.N=C(N)NCCC[C@H](C(N)=O)N(Cc1ccc(O)cc1)CC(c1ccccc1)c1ccccc1. The number of amides is 1. The van der Waals surface area contributed by atoms with Gasteiger partial charge in [0.2, 0.25) is 5.91 Å². The van der Waals surface area contributed by atoms with Crippen molar-refractivity contribution < 1.29 is 9.90 Å². The molecule has 3 rings (SSSR count). The summed E-state index contributed by atoms with van der Waals surface area (Å²) < 4.78 is 0. The Kier molecular flexibility index (Phi) is 11.1. The van der Waals surface area contributed by atoms with Crippen molar-refractivity contribution in [2.24, 2.45) is 11.5 Å². The van der Waals surface area contributed by atoms with Crippen LogP contribution >= 0.6 is 12.4 Å². The predicted octanol–water partition coefficient (Wildman–Crippen LogP) is 3.57. The average molecular weight is 496 g/mol. The van der Waals surface area contributed by atoms with Gasteiger partial charge in [-0.15, -0.1) is 12.4 Å². The lowest BCUT2D eigenvalue weighted by atomic mass is 9.90. The number of hydrogen-bond acceptors (Lipinski definition) is 4. The molecular weight excluding hydrogens is 462 g/mol. The number of carbonyl (C=O) groups excluding carboxylic acids is 1. The Morgan fingerprint density at radius 3 is 1.94 bits per heavy atom. The number of hydrogen-bond donors (Lipinski definition) is 5. The maximum Gasteiger partial charge on any atom is 0.234 e. The summed E-state index contributed by atoms with van der Waals surface area (Å²) in [4.78, 5) is 14.7. The molecule has 0 fully saturated rings. The van der Waals surface area contributed by atoms with Crippen LogP contribution in [0.15, 0.2) is 84.9 Å². The summed E-state index contributed by atoms with van der Waals surface area (Å²) in [5.41, 5.74) is 14.6. The zero-order valence-electron chi connectivity index (χ0n) is 19.6. The van der Waals surface area contributed by atoms with E-state index in [9.17, 15) is 9.90 Å². The highest BCUT2D eigenvalue weighted by atomic mass is 35.5. The van der Waals surface area contributed by atoms with E-state index in [0.29, 0.717) is 32.5 Å². The summed E-state index contributed by atoms with van der Waals surface area (Å²) in [6.45, 7) is 1.58. The molecule has 0 spiro atoms. The number of primary amides is 1. The topological polar surface area (TPSA) is 128 Å². The standard InChI is InChI=1S/C27H33N5O2.ClH/c28-26(34)25(12-7-17-31-27(29)30)32(18-20-13-15-23(33)16-14-20)19-24(21-8-3-1-4-9-21)22-10-5-2-6-11-22;/h1-6,8-11,13-16,24-25,33H,7,12,17-19H2,(H2,28,34)(H4,29,30,31);1H/t25-;/m1./s1. The van der Waals surface area contributed by atoms with E-state index in [1.165, 1.54) is 0 Å². The number of phenolic OH excluding ortho intramolecular Hbond substituents is 1. The van der Waals surface area contributed by atoms with Gasteiger partial charge in [0.1, 0.15) is 5.75 Å². The lowest BCUT2D eigenvalue weighted by molar-refractivity contribution is -0.123. The molecule has 0 radical (unpaired) electrons. The average Bonchev–Trinajstić information content (AvgIpc) is 2.84. The van der Waals surface area contributed by atoms with E-state index in [2.05, 4.69) is 34.5 Å². The third-order valence-electron chi connectivity index (χ3n) is 5.88. The summed E-state index contributed by atoms with van der Waals surface area (Å²) in [5.74, 6) is -0.244. The van der Waals surface area contributed by atoms with Crippen molar-refractivity contribution in [3.8, 4) is 5.75 Å². The molecule has 35 heavy (non-hydrogen) atoms. The minimum atomic E-state index is -0.502. The fourth-order valence-corrected chi connectivity index (χ4v) is 4.17. The third kappa shape index (κ3) is 8.63. The second kappa shape index (κ2) is 14.0. The zero-order chi connectivity index (χ0) is 24.3. The molecule has 186 valence electrons. The molecule has 3 aromatic carbocycles. The molecule has 1 amide bonds. The van der Waals surface area contributed by atoms with Gasteiger partial charge in [0.25, 0.3) is 0 Å². The smallest absolute Gasteiger partial charge is 0.234 e. The van der Waals surface area contributed by atoms with Crippen LogP contribution < -0.4 is 16.8 Å². The molecule has 0 bridgehead atoms. The Balaban J connectivity index is 0.00000432. The Labute approximate surface area is 213 Å². The molecule has 0 aromatic heterocycles. The van der Waals surface area contributed by atoms with Crippen molar-refractivity contribution in [3.63, 3.8) is 0 Å². The molecule has 1 atom stereocenters. The van der Waals surface area contributed by atoms with E-state index >= 15 is 0 Å². The Morgan fingerprint density at radius 2 is 1.46 bits per heavy atom. The van der Waals surface area contributed by atoms with Crippen LogP contribution in [0.25, 0.3) is 0 Å². The minimum absolute atomic E-state index is 0. The first-order valence-corrected chi connectivity index (χ1v) is 11.4. The molecule has 0 saturated carbocycles. The molecule has 7 N–H and O–H groups in total. The van der Waals surface area contributed by atoms with E-state index in [0.717, 1.165) is 16.7 Å². The zero-order valence-corrected chi connectivity index (χ0v) is 20.5. The quantitative estimate of drug-likeness (QED) is 0.149. The van der Waals surface area contributed by atoms with Gasteiger partial charge in [0.15, 0.2) is 5.96 Å². The van der Waals surface area contributed by atoms with Crippen LogP contribution in [0.2, 0.25) is 0 Å². The van der Waals surface area contributed by atoms with Crippen LogP contribution in [0.5, 0.6) is 5.75 Å². The number of halogens is 1. The minimum Gasteiger partial charge on any atom is -0.508 e. The first-order chi connectivity index (χ1) is 16.4. The number of guanidine groups is 1. The summed E-state index contributed by atoms with van der Waals surface area (Å²) >= 11 is 0. The van der Waals surface area contributed by atoms with Gasteiger partial charge in [0, 0.05) is 25.6 Å². The highest BCUT2D eigenvalue weighted by Gasteiger charge is 2.27. The highest BCUT2D eigenvalue weighted by Crippen LogP contribution is 2.28. The van der Waals surface area contributed by atoms with Gasteiger partial charge in [0.05, 0.1) is 6.04 Å². The number of nitrogens with two attached hydrogens (primary N) is 2. The van der Waals surface area contributed by atoms with Crippen molar-refractivity contribution in [2.75, 3.05) is 13.1 Å². The largest absolute Gasteiger partial charge is 0.508 e. The molecule has 0 unspecified atom stereocenters. The van der Waals surface area contributed by atoms with Crippen molar-refractivity contribution in [3.05, 3.63) is 102 Å². The van der Waals surface area contributed by atoms with Crippen LogP contribution in [0.3, 0.4) is 0 Å². The molecule has 0 aliphatic carbocycles. The Bertz CT molecular complexity index is 1010. The number of aromatic hydroxyl groups is 1. The van der Waals surface area contributed by atoms with Gasteiger partial charge in [-0.2, -0.15) is 0 Å². The predicted molar refractivity (Wildman–Crippen MR) is 143 cm³/mol. The van der Waals surface area contributed by atoms with Crippen LogP contribution in [0.4, 0.5) is 0 Å². The molecule has 8 heteroatoms. The number of phenols is 1. The van der Waals surface area contributed by atoms with Crippen molar-refractivity contribution in [2.45, 2.75) is 31.3 Å². The molecule has 0 heterocycles. The molecule has 7 nitrogen and oxygen atoms in total. The number of rotatable bonds is 12. The van der Waals surface area contributed by atoms with E-state index in [1.54, 1.807) is 12.1 Å². The van der Waals surface area contributed by atoms with E-state index < -0.39 is 6.04 Å². The Morgan fingerprint density at radius 1 is 0.914 bits per heavy atom. The van der Waals surface area contributed by atoms with Gasteiger partial charge in [-0.1, -0.05) is 72.8 Å². The fraction of sp³-hybridized carbons (Fsp3) is 0.259. The second-order valence-electron chi connectivity index (χ2n) is 8.37. The van der Waals surface area contributed by atoms with Crippen molar-refractivity contribution in [1.82, 2.24) is 10.2 Å². The first-order valence-electron chi connectivity index (χ1n) is 11.4. The number of benzene rings is 3. The van der Waals surface area contributed by atoms with Crippen molar-refractivity contribution in [1.29, 1.82) is 5.41 Å². The van der Waals surface area contributed by atoms with Gasteiger partial charge in [-0.25, -0.2) is 0 Å². The van der Waals surface area contributed by atoms with Gasteiger partial charge < -0.3 is 21.9 Å². The first kappa shape index (κ1) is 27.7. The molecular formula is C27H34ClN5O2. The van der Waals surface area contributed by atoms with Gasteiger partial charge in [-0.05, 0) is 41.7 Å². The number of nitrogens with one attached hydrogen (secondary N) is 2. The number of carbonyl (C=O) groups is 1. The molecule has 0 aliphatic rings. The maximum absolute atomic E-state index is 12.6. The van der Waals surface area contributed by atoms with Gasteiger partial charge >= 0.3 is 0 Å². The van der Waals surface area contributed by atoms with Crippen LogP contribution in [0, 0.1) is 5.41 Å². The lowest BCUT2D eigenvalue weighted by Gasteiger charge is -2.33. The van der Waals surface area contributed by atoms with E-state index in [4.69, 9.17) is 16.9 Å². The van der Waals surface area contributed by atoms with E-state index in [1.807, 2.05) is 48.5 Å².